The second kappa shape index (κ2) is 10.5. The Morgan fingerprint density at radius 3 is 2.68 bits per heavy atom. The van der Waals surface area contributed by atoms with Crippen molar-refractivity contribution >= 4 is 17.2 Å². The van der Waals surface area contributed by atoms with E-state index in [1.165, 1.54) is 11.1 Å². The standard InChI is InChI=1S/C27H27N7O3/c1-32(2)26(35)18-36-22-13-23(27-20(14-28)16-31-34(27)17-22)19-6-7-24(30-15-19)33-11-8-21(9-12-33)37-25-5-3-4-10-29-25/h3-7,10,13,15-17,21H,8-9,11-12,18H2,1-2H3. The maximum atomic E-state index is 12.0. The third kappa shape index (κ3) is 5.30. The molecule has 0 radical (unpaired) electrons. The first-order chi connectivity index (χ1) is 18.0. The molecule has 0 spiro atoms. The Labute approximate surface area is 214 Å². The third-order valence-corrected chi connectivity index (χ3v) is 6.32. The molecule has 4 aromatic rings. The minimum atomic E-state index is -0.153. The molecule has 188 valence electrons. The summed E-state index contributed by atoms with van der Waals surface area (Å²) in [5.41, 5.74) is 2.69. The molecule has 5 heterocycles. The lowest BCUT2D eigenvalue weighted by Crippen LogP contribution is -2.38. The number of likely N-dealkylation sites (N-methyl/N-ethyl adjacent to an activating group) is 1. The first-order valence-electron chi connectivity index (χ1n) is 12.1. The zero-order valence-electron chi connectivity index (χ0n) is 20.7. The van der Waals surface area contributed by atoms with Crippen molar-refractivity contribution in [1.82, 2.24) is 24.5 Å². The minimum Gasteiger partial charge on any atom is -0.482 e. The van der Waals surface area contributed by atoms with Crippen molar-refractivity contribution in [1.29, 1.82) is 5.26 Å². The van der Waals surface area contributed by atoms with Crippen LogP contribution in [0.3, 0.4) is 0 Å². The fraction of sp³-hybridized carbons (Fsp3) is 0.296. The molecule has 1 aliphatic heterocycles. The van der Waals surface area contributed by atoms with Crippen LogP contribution in [-0.2, 0) is 4.79 Å². The second-order valence-corrected chi connectivity index (χ2v) is 9.01. The Morgan fingerprint density at radius 2 is 2.00 bits per heavy atom. The average Bonchev–Trinajstić information content (AvgIpc) is 3.35. The fourth-order valence-electron chi connectivity index (χ4n) is 4.27. The quantitative estimate of drug-likeness (QED) is 0.383. The van der Waals surface area contributed by atoms with Gasteiger partial charge in [0.05, 0.1) is 23.5 Å². The molecule has 0 bridgehead atoms. The zero-order chi connectivity index (χ0) is 25.8. The molecule has 10 heteroatoms. The summed E-state index contributed by atoms with van der Waals surface area (Å²) in [5.74, 6) is 1.86. The van der Waals surface area contributed by atoms with E-state index in [4.69, 9.17) is 14.5 Å². The number of rotatable bonds is 7. The van der Waals surface area contributed by atoms with E-state index in [0.717, 1.165) is 42.9 Å². The first-order valence-corrected chi connectivity index (χ1v) is 12.1. The van der Waals surface area contributed by atoms with Gasteiger partial charge in [-0.3, -0.25) is 4.79 Å². The van der Waals surface area contributed by atoms with E-state index in [2.05, 4.69) is 21.1 Å². The number of hydrogen-bond acceptors (Lipinski definition) is 8. The number of carbonyl (C=O) groups excluding carboxylic acids is 1. The number of fused-ring (bicyclic) bond motifs is 1. The number of nitriles is 1. The molecule has 0 saturated carbocycles. The average molecular weight is 498 g/mol. The summed E-state index contributed by atoms with van der Waals surface area (Å²) in [5, 5.41) is 13.9. The van der Waals surface area contributed by atoms with Crippen LogP contribution in [0.15, 0.2) is 61.2 Å². The lowest BCUT2D eigenvalue weighted by atomic mass is 10.0. The number of ether oxygens (including phenoxy) is 2. The molecule has 37 heavy (non-hydrogen) atoms. The van der Waals surface area contributed by atoms with Crippen LogP contribution in [0.25, 0.3) is 16.6 Å². The van der Waals surface area contributed by atoms with Crippen molar-refractivity contribution in [3.63, 3.8) is 0 Å². The highest BCUT2D eigenvalue weighted by Gasteiger charge is 2.22. The van der Waals surface area contributed by atoms with Crippen LogP contribution >= 0.6 is 0 Å². The second-order valence-electron chi connectivity index (χ2n) is 9.01. The number of nitrogens with zero attached hydrogens (tertiary/aromatic N) is 7. The van der Waals surface area contributed by atoms with Gasteiger partial charge in [-0.15, -0.1) is 0 Å². The van der Waals surface area contributed by atoms with Crippen molar-refractivity contribution in [3.05, 3.63) is 66.7 Å². The van der Waals surface area contributed by atoms with Gasteiger partial charge < -0.3 is 19.3 Å². The van der Waals surface area contributed by atoms with Crippen molar-refractivity contribution in [3.8, 4) is 28.8 Å². The SMILES string of the molecule is CN(C)C(=O)COc1cc(-c2ccc(N3CCC(Oc4ccccn4)CC3)nc2)c2c(C#N)cnn2c1. The molecule has 1 saturated heterocycles. The van der Waals surface area contributed by atoms with Crippen molar-refractivity contribution in [2.24, 2.45) is 0 Å². The highest BCUT2D eigenvalue weighted by Crippen LogP contribution is 2.32. The van der Waals surface area contributed by atoms with Gasteiger partial charge in [0, 0.05) is 69.6 Å². The minimum absolute atomic E-state index is 0.0957. The topological polar surface area (TPSA) is 109 Å². The van der Waals surface area contributed by atoms with Crippen LogP contribution in [-0.4, -0.2) is 70.3 Å². The molecular weight excluding hydrogens is 470 g/mol. The Bertz CT molecular complexity index is 1420. The van der Waals surface area contributed by atoms with Crippen LogP contribution in [0.1, 0.15) is 18.4 Å². The number of aromatic nitrogens is 4. The summed E-state index contributed by atoms with van der Waals surface area (Å²) >= 11 is 0. The lowest BCUT2D eigenvalue weighted by molar-refractivity contribution is -0.130. The van der Waals surface area contributed by atoms with E-state index >= 15 is 0 Å². The molecule has 1 fully saturated rings. The Morgan fingerprint density at radius 1 is 1.16 bits per heavy atom. The Hall–Kier alpha value is -4.65. The smallest absolute Gasteiger partial charge is 0.259 e. The van der Waals surface area contributed by atoms with Gasteiger partial charge in [-0.2, -0.15) is 10.4 Å². The Kier molecular flexibility index (Phi) is 6.85. The first kappa shape index (κ1) is 24.1. The highest BCUT2D eigenvalue weighted by molar-refractivity contribution is 5.85. The predicted molar refractivity (Wildman–Crippen MR) is 137 cm³/mol. The Balaban J connectivity index is 1.33. The van der Waals surface area contributed by atoms with Gasteiger partial charge >= 0.3 is 0 Å². The van der Waals surface area contributed by atoms with Crippen LogP contribution in [0.4, 0.5) is 5.82 Å². The van der Waals surface area contributed by atoms with Crippen molar-refractivity contribution < 1.29 is 14.3 Å². The van der Waals surface area contributed by atoms with Crippen LogP contribution in [0, 0.1) is 11.3 Å². The molecule has 0 unspecified atom stereocenters. The number of hydrogen-bond donors (Lipinski definition) is 0. The summed E-state index contributed by atoms with van der Waals surface area (Å²) in [7, 11) is 3.35. The molecule has 0 aromatic carbocycles. The molecule has 0 atom stereocenters. The van der Waals surface area contributed by atoms with Gasteiger partial charge in [0.1, 0.15) is 23.7 Å². The van der Waals surface area contributed by atoms with Gasteiger partial charge in [-0.1, -0.05) is 6.07 Å². The number of piperidine rings is 1. The maximum absolute atomic E-state index is 12.0. The summed E-state index contributed by atoms with van der Waals surface area (Å²) < 4.78 is 13.3. The van der Waals surface area contributed by atoms with Crippen LogP contribution in [0.2, 0.25) is 0 Å². The third-order valence-electron chi connectivity index (χ3n) is 6.32. The van der Waals surface area contributed by atoms with E-state index in [1.807, 2.05) is 36.4 Å². The van der Waals surface area contributed by atoms with Crippen LogP contribution < -0.4 is 14.4 Å². The number of pyridine rings is 3. The lowest BCUT2D eigenvalue weighted by Gasteiger charge is -2.32. The summed E-state index contributed by atoms with van der Waals surface area (Å²) in [4.78, 5) is 24.7. The van der Waals surface area contributed by atoms with Crippen molar-refractivity contribution in [2.45, 2.75) is 18.9 Å². The van der Waals surface area contributed by atoms with Crippen LogP contribution in [0.5, 0.6) is 11.6 Å². The zero-order valence-corrected chi connectivity index (χ0v) is 20.7. The van der Waals surface area contributed by atoms with Crippen molar-refractivity contribution in [2.75, 3.05) is 38.7 Å². The maximum Gasteiger partial charge on any atom is 0.259 e. The highest BCUT2D eigenvalue weighted by atomic mass is 16.5. The van der Waals surface area contributed by atoms with E-state index in [-0.39, 0.29) is 18.6 Å². The van der Waals surface area contributed by atoms with Gasteiger partial charge in [0.15, 0.2) is 6.61 Å². The monoisotopic (exact) mass is 497 g/mol. The van der Waals surface area contributed by atoms with Gasteiger partial charge in [-0.05, 0) is 24.3 Å². The molecular formula is C27H27N7O3. The van der Waals surface area contributed by atoms with E-state index in [1.54, 1.807) is 37.2 Å². The molecule has 1 aliphatic rings. The fourth-order valence-corrected chi connectivity index (χ4v) is 4.27. The largest absolute Gasteiger partial charge is 0.482 e. The number of carbonyl (C=O) groups is 1. The molecule has 10 nitrogen and oxygen atoms in total. The normalized spacial score (nSPS) is 13.8. The molecule has 0 N–H and O–H groups in total. The summed E-state index contributed by atoms with van der Waals surface area (Å²) in [6, 6.07) is 13.7. The molecule has 0 aliphatic carbocycles. The van der Waals surface area contributed by atoms with Gasteiger partial charge in [0.2, 0.25) is 5.88 Å². The van der Waals surface area contributed by atoms with Gasteiger partial charge in [-0.25, -0.2) is 14.5 Å². The van der Waals surface area contributed by atoms with Gasteiger partial charge in [0.25, 0.3) is 5.91 Å². The molecule has 4 aromatic heterocycles. The molecule has 1 amide bonds. The van der Waals surface area contributed by atoms with E-state index in [0.29, 0.717) is 22.7 Å². The van der Waals surface area contributed by atoms with E-state index in [9.17, 15) is 10.1 Å². The summed E-state index contributed by atoms with van der Waals surface area (Å²) in [6.45, 7) is 1.57. The number of amides is 1. The van der Waals surface area contributed by atoms with E-state index < -0.39 is 0 Å². The number of anilines is 1. The summed E-state index contributed by atoms with van der Waals surface area (Å²) in [6.07, 6.45) is 8.61. The predicted octanol–water partition coefficient (Wildman–Crippen LogP) is 3.18. The molecule has 5 rings (SSSR count).